The van der Waals surface area contributed by atoms with Gasteiger partial charge in [-0.2, -0.15) is 4.98 Å². The van der Waals surface area contributed by atoms with Crippen molar-refractivity contribution < 1.29 is 0 Å². The van der Waals surface area contributed by atoms with E-state index in [0.717, 1.165) is 32.9 Å². The van der Waals surface area contributed by atoms with Crippen molar-refractivity contribution in [3.8, 4) is 0 Å². The van der Waals surface area contributed by atoms with Crippen LogP contribution in [0.25, 0.3) is 0 Å². The predicted molar refractivity (Wildman–Crippen MR) is 103 cm³/mol. The van der Waals surface area contributed by atoms with Gasteiger partial charge in [-0.15, -0.1) is 0 Å². The lowest BCUT2D eigenvalue weighted by atomic mass is 10.1. The van der Waals surface area contributed by atoms with Crippen molar-refractivity contribution in [1.82, 2.24) is 9.97 Å². The third-order valence-electron chi connectivity index (χ3n) is 3.63. The Balaban J connectivity index is 1.89. The van der Waals surface area contributed by atoms with Crippen LogP contribution in [-0.2, 0) is 0 Å². The molecule has 0 aliphatic heterocycles. The maximum Gasteiger partial charge on any atom is 0.229 e. The van der Waals surface area contributed by atoms with Crippen molar-refractivity contribution in [2.75, 3.05) is 10.6 Å². The Bertz CT molecular complexity index is 877. The van der Waals surface area contributed by atoms with E-state index >= 15 is 0 Å². The van der Waals surface area contributed by atoms with Gasteiger partial charge in [-0.3, -0.25) is 0 Å². The minimum absolute atomic E-state index is 0.582. The Hall–Kier alpha value is -2.40. The van der Waals surface area contributed by atoms with Gasteiger partial charge in [0, 0.05) is 21.9 Å². The molecule has 1 heterocycles. The number of hydrogen-bond acceptors (Lipinski definition) is 4. The van der Waals surface area contributed by atoms with Crippen LogP contribution >= 0.6 is 15.9 Å². The van der Waals surface area contributed by atoms with Crippen LogP contribution in [0.1, 0.15) is 16.8 Å². The lowest BCUT2D eigenvalue weighted by Crippen LogP contribution is -2.03. The van der Waals surface area contributed by atoms with Crippen LogP contribution in [-0.4, -0.2) is 9.97 Å². The van der Waals surface area contributed by atoms with E-state index in [4.69, 9.17) is 0 Å². The van der Waals surface area contributed by atoms with E-state index in [9.17, 15) is 0 Å². The molecule has 0 radical (unpaired) electrons. The first kappa shape index (κ1) is 16.5. The van der Waals surface area contributed by atoms with Crippen molar-refractivity contribution in [1.29, 1.82) is 0 Å². The standard InChI is InChI=1S/C19H19BrN4/c1-12-8-9-13(2)17(10-12)23-19-21-14(3)11-18(24-19)22-16-7-5-4-6-15(16)20/h4-11H,1-3H3,(H2,21,22,23,24). The van der Waals surface area contributed by atoms with Crippen LogP contribution < -0.4 is 10.6 Å². The second kappa shape index (κ2) is 7.01. The highest BCUT2D eigenvalue weighted by Crippen LogP contribution is 2.26. The van der Waals surface area contributed by atoms with Crippen LogP contribution in [0.5, 0.6) is 0 Å². The SMILES string of the molecule is Cc1ccc(C)c(Nc2nc(C)cc(Nc3ccccc3Br)n2)c1. The van der Waals surface area contributed by atoms with Gasteiger partial charge in [-0.05, 0) is 66.0 Å². The molecule has 4 nitrogen and oxygen atoms in total. The Morgan fingerprint density at radius 2 is 1.62 bits per heavy atom. The molecule has 0 saturated heterocycles. The second-order valence-electron chi connectivity index (χ2n) is 5.77. The lowest BCUT2D eigenvalue weighted by molar-refractivity contribution is 1.10. The molecule has 0 aliphatic rings. The summed E-state index contributed by atoms with van der Waals surface area (Å²) in [7, 11) is 0. The van der Waals surface area contributed by atoms with Gasteiger partial charge in [0.2, 0.25) is 5.95 Å². The van der Waals surface area contributed by atoms with Gasteiger partial charge < -0.3 is 10.6 Å². The summed E-state index contributed by atoms with van der Waals surface area (Å²) in [4.78, 5) is 9.07. The topological polar surface area (TPSA) is 49.8 Å². The average Bonchev–Trinajstić information content (AvgIpc) is 2.53. The molecule has 2 aromatic carbocycles. The van der Waals surface area contributed by atoms with Gasteiger partial charge in [0.25, 0.3) is 0 Å². The van der Waals surface area contributed by atoms with Gasteiger partial charge in [-0.25, -0.2) is 4.98 Å². The van der Waals surface area contributed by atoms with Crippen molar-refractivity contribution in [2.45, 2.75) is 20.8 Å². The number of para-hydroxylation sites is 1. The Morgan fingerprint density at radius 1 is 0.833 bits per heavy atom. The Labute approximate surface area is 150 Å². The monoisotopic (exact) mass is 382 g/mol. The summed E-state index contributed by atoms with van der Waals surface area (Å²) < 4.78 is 0.991. The van der Waals surface area contributed by atoms with E-state index in [0.29, 0.717) is 5.95 Å². The molecule has 0 fully saturated rings. The van der Waals surface area contributed by atoms with E-state index in [2.05, 4.69) is 68.6 Å². The molecule has 0 saturated carbocycles. The smallest absolute Gasteiger partial charge is 0.229 e. The van der Waals surface area contributed by atoms with Gasteiger partial charge >= 0.3 is 0 Å². The van der Waals surface area contributed by atoms with Crippen LogP contribution in [0.3, 0.4) is 0 Å². The first-order valence-electron chi connectivity index (χ1n) is 7.73. The maximum atomic E-state index is 4.58. The molecular formula is C19H19BrN4. The maximum absolute atomic E-state index is 4.58. The van der Waals surface area contributed by atoms with Crippen molar-refractivity contribution in [3.63, 3.8) is 0 Å². The van der Waals surface area contributed by atoms with Crippen molar-refractivity contribution in [2.24, 2.45) is 0 Å². The first-order chi connectivity index (χ1) is 11.5. The zero-order valence-corrected chi connectivity index (χ0v) is 15.5. The number of rotatable bonds is 4. The predicted octanol–water partition coefficient (Wildman–Crippen LogP) is 5.65. The minimum Gasteiger partial charge on any atom is -0.339 e. The molecule has 0 bridgehead atoms. The van der Waals surface area contributed by atoms with Crippen molar-refractivity contribution in [3.05, 3.63) is 69.8 Å². The van der Waals surface area contributed by atoms with Gasteiger partial charge in [0.05, 0.1) is 5.69 Å². The van der Waals surface area contributed by atoms with E-state index in [1.807, 2.05) is 37.3 Å². The molecule has 122 valence electrons. The highest BCUT2D eigenvalue weighted by Gasteiger charge is 2.06. The molecule has 0 aliphatic carbocycles. The largest absolute Gasteiger partial charge is 0.339 e. The van der Waals surface area contributed by atoms with E-state index in [-0.39, 0.29) is 0 Å². The van der Waals surface area contributed by atoms with Gasteiger partial charge in [0.15, 0.2) is 0 Å². The number of hydrogen-bond donors (Lipinski definition) is 2. The lowest BCUT2D eigenvalue weighted by Gasteiger charge is -2.12. The Kier molecular flexibility index (Phi) is 4.81. The summed E-state index contributed by atoms with van der Waals surface area (Å²) in [5, 5.41) is 6.65. The van der Waals surface area contributed by atoms with Crippen molar-refractivity contribution >= 4 is 39.1 Å². The Morgan fingerprint density at radius 3 is 2.42 bits per heavy atom. The van der Waals surface area contributed by atoms with E-state index in [1.54, 1.807) is 0 Å². The van der Waals surface area contributed by atoms with Crippen LogP contribution in [0.4, 0.5) is 23.1 Å². The quantitative estimate of drug-likeness (QED) is 0.611. The van der Waals surface area contributed by atoms with Crippen LogP contribution in [0.2, 0.25) is 0 Å². The number of nitrogens with zero attached hydrogens (tertiary/aromatic N) is 2. The van der Waals surface area contributed by atoms with Crippen LogP contribution in [0.15, 0.2) is 53.0 Å². The number of aryl methyl sites for hydroxylation is 3. The molecular weight excluding hydrogens is 364 g/mol. The summed E-state index contributed by atoms with van der Waals surface area (Å²) in [6.45, 7) is 6.10. The zero-order valence-electron chi connectivity index (χ0n) is 13.9. The number of benzene rings is 2. The highest BCUT2D eigenvalue weighted by molar-refractivity contribution is 9.10. The number of halogens is 1. The zero-order chi connectivity index (χ0) is 17.1. The van der Waals surface area contributed by atoms with E-state index in [1.165, 1.54) is 5.56 Å². The molecule has 0 atom stereocenters. The number of aromatic nitrogens is 2. The summed E-state index contributed by atoms with van der Waals surface area (Å²) in [6.07, 6.45) is 0. The van der Waals surface area contributed by atoms with Gasteiger partial charge in [0.1, 0.15) is 5.82 Å². The molecule has 0 amide bonds. The van der Waals surface area contributed by atoms with Gasteiger partial charge in [-0.1, -0.05) is 24.3 Å². The summed E-state index contributed by atoms with van der Waals surface area (Å²) in [5.74, 6) is 1.33. The third kappa shape index (κ3) is 3.92. The fourth-order valence-electron chi connectivity index (χ4n) is 2.38. The molecule has 3 rings (SSSR count). The summed E-state index contributed by atoms with van der Waals surface area (Å²) >= 11 is 3.54. The normalized spacial score (nSPS) is 10.5. The number of nitrogens with one attached hydrogen (secondary N) is 2. The first-order valence-corrected chi connectivity index (χ1v) is 8.52. The molecule has 3 aromatic rings. The second-order valence-corrected chi connectivity index (χ2v) is 6.62. The summed E-state index contributed by atoms with van der Waals surface area (Å²) in [6, 6.07) is 16.2. The fraction of sp³-hybridized carbons (Fsp3) is 0.158. The van der Waals surface area contributed by atoms with E-state index < -0.39 is 0 Å². The van der Waals surface area contributed by atoms with Crippen LogP contribution in [0, 0.1) is 20.8 Å². The highest BCUT2D eigenvalue weighted by atomic mass is 79.9. The summed E-state index contributed by atoms with van der Waals surface area (Å²) in [5.41, 5.74) is 5.24. The number of anilines is 4. The minimum atomic E-state index is 0.582. The third-order valence-corrected chi connectivity index (χ3v) is 4.32. The molecule has 0 spiro atoms. The molecule has 0 unspecified atom stereocenters. The average molecular weight is 383 g/mol. The molecule has 2 N–H and O–H groups in total. The molecule has 24 heavy (non-hydrogen) atoms. The fourth-order valence-corrected chi connectivity index (χ4v) is 2.76. The molecule has 5 heteroatoms. The molecule has 1 aromatic heterocycles.